The van der Waals surface area contributed by atoms with Gasteiger partial charge in [-0.2, -0.15) is 10.2 Å². The van der Waals surface area contributed by atoms with Crippen LogP contribution in [0.5, 0.6) is 0 Å². The molecule has 3 rings (SSSR count). The van der Waals surface area contributed by atoms with Crippen LogP contribution in [-0.4, -0.2) is 25.6 Å². The molecule has 7 nitrogen and oxygen atoms in total. The molecule has 8 heteroatoms. The Morgan fingerprint density at radius 1 is 1.26 bits per heavy atom. The van der Waals surface area contributed by atoms with Gasteiger partial charge in [-0.1, -0.05) is 23.7 Å². The largest absolute Gasteiger partial charge is 0.331 e. The van der Waals surface area contributed by atoms with Crippen molar-refractivity contribution in [3.63, 3.8) is 0 Å². The minimum absolute atomic E-state index is 0.163. The highest BCUT2D eigenvalue weighted by atomic mass is 35.5. The Morgan fingerprint density at radius 2 is 2.04 bits per heavy atom. The SMILES string of the molecule is Cc1cc(NC(=O)NC(C)c2cn(C)nc2C)n(Cc2cccc(Cl)c2)n1. The van der Waals surface area contributed by atoms with Crippen molar-refractivity contribution in [1.82, 2.24) is 24.9 Å². The summed E-state index contributed by atoms with van der Waals surface area (Å²) in [7, 11) is 1.86. The summed E-state index contributed by atoms with van der Waals surface area (Å²) in [5.41, 5.74) is 3.71. The summed E-state index contributed by atoms with van der Waals surface area (Å²) < 4.78 is 3.49. The normalized spacial score (nSPS) is 12.0. The molecule has 0 spiro atoms. The molecule has 1 unspecified atom stereocenters. The molecule has 0 aliphatic carbocycles. The van der Waals surface area contributed by atoms with Crippen molar-refractivity contribution in [2.24, 2.45) is 7.05 Å². The molecule has 3 aromatic rings. The van der Waals surface area contributed by atoms with Gasteiger partial charge in [-0.05, 0) is 38.5 Å². The third-order valence-electron chi connectivity index (χ3n) is 4.23. The van der Waals surface area contributed by atoms with Gasteiger partial charge in [0.15, 0.2) is 0 Å². The molecule has 0 aliphatic rings. The standard InChI is InChI=1S/C19H23ClN6O/c1-12-8-18(26(23-12)10-15-6-5-7-16(20)9-15)22-19(27)21-13(2)17-11-25(4)24-14(17)3/h5-9,11,13H,10H2,1-4H3,(H2,21,22,27). The number of hydrogen-bond donors (Lipinski definition) is 2. The maximum atomic E-state index is 12.5. The Kier molecular flexibility index (Phi) is 5.51. The van der Waals surface area contributed by atoms with Crippen molar-refractivity contribution < 1.29 is 4.79 Å². The van der Waals surface area contributed by atoms with E-state index >= 15 is 0 Å². The van der Waals surface area contributed by atoms with Gasteiger partial charge >= 0.3 is 6.03 Å². The van der Waals surface area contributed by atoms with Crippen LogP contribution >= 0.6 is 11.6 Å². The highest BCUT2D eigenvalue weighted by molar-refractivity contribution is 6.30. The smallest absolute Gasteiger partial charge is 0.320 e. The lowest BCUT2D eigenvalue weighted by atomic mass is 10.1. The molecule has 0 aliphatic heterocycles. The Morgan fingerprint density at radius 3 is 2.70 bits per heavy atom. The number of aryl methyl sites for hydroxylation is 3. The number of halogens is 1. The number of amides is 2. The number of nitrogens with zero attached hydrogens (tertiary/aromatic N) is 4. The van der Waals surface area contributed by atoms with E-state index in [1.807, 2.05) is 64.3 Å². The highest BCUT2D eigenvalue weighted by Gasteiger charge is 2.16. The fourth-order valence-electron chi connectivity index (χ4n) is 3.04. The Labute approximate surface area is 163 Å². The van der Waals surface area contributed by atoms with Crippen molar-refractivity contribution in [2.45, 2.75) is 33.4 Å². The Bertz CT molecular complexity index is 961. The van der Waals surface area contributed by atoms with Gasteiger partial charge in [0.05, 0.1) is 24.0 Å². The number of hydrogen-bond acceptors (Lipinski definition) is 3. The number of nitrogens with one attached hydrogen (secondary N) is 2. The van der Waals surface area contributed by atoms with E-state index in [0.717, 1.165) is 22.5 Å². The van der Waals surface area contributed by atoms with Crippen LogP contribution in [0.2, 0.25) is 5.02 Å². The molecule has 27 heavy (non-hydrogen) atoms. The molecule has 2 N–H and O–H groups in total. The summed E-state index contributed by atoms with van der Waals surface area (Å²) in [6.07, 6.45) is 1.91. The second-order valence-electron chi connectivity index (χ2n) is 6.62. The second kappa shape index (κ2) is 7.84. The Hall–Kier alpha value is -2.80. The zero-order valence-corrected chi connectivity index (χ0v) is 16.6. The number of aromatic nitrogens is 4. The quantitative estimate of drug-likeness (QED) is 0.699. The lowest BCUT2D eigenvalue weighted by Gasteiger charge is -2.15. The molecule has 0 bridgehead atoms. The molecular weight excluding hydrogens is 364 g/mol. The van der Waals surface area contributed by atoms with Gasteiger partial charge in [-0.25, -0.2) is 9.48 Å². The summed E-state index contributed by atoms with van der Waals surface area (Å²) in [4.78, 5) is 12.5. The number of carbonyl (C=O) groups is 1. The van der Waals surface area contributed by atoms with Gasteiger partial charge in [0, 0.05) is 29.9 Å². The van der Waals surface area contributed by atoms with E-state index in [1.54, 1.807) is 9.36 Å². The third kappa shape index (κ3) is 4.68. The topological polar surface area (TPSA) is 76.8 Å². The molecule has 1 aromatic carbocycles. The van der Waals surface area contributed by atoms with Crippen LogP contribution < -0.4 is 10.6 Å². The fourth-order valence-corrected chi connectivity index (χ4v) is 3.26. The fraction of sp³-hybridized carbons (Fsp3) is 0.316. The van der Waals surface area contributed by atoms with Crippen molar-refractivity contribution in [2.75, 3.05) is 5.32 Å². The molecular formula is C19H23ClN6O. The minimum atomic E-state index is -0.294. The monoisotopic (exact) mass is 386 g/mol. The van der Waals surface area contributed by atoms with Gasteiger partial charge < -0.3 is 5.32 Å². The molecule has 0 radical (unpaired) electrons. The molecule has 0 saturated carbocycles. The maximum absolute atomic E-state index is 12.5. The van der Waals surface area contributed by atoms with Crippen LogP contribution in [0.3, 0.4) is 0 Å². The van der Waals surface area contributed by atoms with E-state index in [9.17, 15) is 4.79 Å². The van der Waals surface area contributed by atoms with Crippen LogP contribution in [0.4, 0.5) is 10.6 Å². The number of anilines is 1. The highest BCUT2D eigenvalue weighted by Crippen LogP contribution is 2.18. The lowest BCUT2D eigenvalue weighted by molar-refractivity contribution is 0.249. The van der Waals surface area contributed by atoms with Crippen LogP contribution in [-0.2, 0) is 13.6 Å². The predicted molar refractivity (Wildman–Crippen MR) is 106 cm³/mol. The summed E-state index contributed by atoms with van der Waals surface area (Å²) in [5.74, 6) is 0.625. The van der Waals surface area contributed by atoms with Crippen LogP contribution in [0.1, 0.15) is 35.5 Å². The predicted octanol–water partition coefficient (Wildman–Crippen LogP) is 3.82. The average molecular weight is 387 g/mol. The second-order valence-corrected chi connectivity index (χ2v) is 7.06. The number of rotatable bonds is 5. The van der Waals surface area contributed by atoms with E-state index < -0.39 is 0 Å². The number of carbonyl (C=O) groups excluding carboxylic acids is 1. The molecule has 2 heterocycles. The van der Waals surface area contributed by atoms with E-state index in [-0.39, 0.29) is 12.1 Å². The van der Waals surface area contributed by atoms with E-state index in [2.05, 4.69) is 20.8 Å². The van der Waals surface area contributed by atoms with Gasteiger partial charge in [0.25, 0.3) is 0 Å². The summed E-state index contributed by atoms with van der Waals surface area (Å²) in [5, 5.41) is 15.3. The Balaban J connectivity index is 1.70. The van der Waals surface area contributed by atoms with Gasteiger partial charge in [0.2, 0.25) is 0 Å². The summed E-state index contributed by atoms with van der Waals surface area (Å²) >= 11 is 6.05. The first-order chi connectivity index (χ1) is 12.8. The van der Waals surface area contributed by atoms with Crippen LogP contribution in [0.15, 0.2) is 36.5 Å². The van der Waals surface area contributed by atoms with E-state index in [4.69, 9.17) is 11.6 Å². The van der Waals surface area contributed by atoms with Crippen molar-refractivity contribution >= 4 is 23.4 Å². The molecule has 0 saturated heterocycles. The van der Waals surface area contributed by atoms with Crippen LogP contribution in [0, 0.1) is 13.8 Å². The van der Waals surface area contributed by atoms with Crippen molar-refractivity contribution in [3.8, 4) is 0 Å². The van der Waals surface area contributed by atoms with Crippen molar-refractivity contribution in [1.29, 1.82) is 0 Å². The molecule has 142 valence electrons. The first-order valence-electron chi connectivity index (χ1n) is 8.68. The zero-order chi connectivity index (χ0) is 19.6. The molecule has 2 aromatic heterocycles. The van der Waals surface area contributed by atoms with Gasteiger partial charge in [-0.15, -0.1) is 0 Å². The van der Waals surface area contributed by atoms with Crippen LogP contribution in [0.25, 0.3) is 0 Å². The lowest BCUT2D eigenvalue weighted by Crippen LogP contribution is -2.32. The average Bonchev–Trinajstić information content (AvgIpc) is 3.08. The first-order valence-corrected chi connectivity index (χ1v) is 9.06. The van der Waals surface area contributed by atoms with E-state index in [0.29, 0.717) is 17.4 Å². The van der Waals surface area contributed by atoms with Crippen molar-refractivity contribution in [3.05, 3.63) is 64.1 Å². The zero-order valence-electron chi connectivity index (χ0n) is 15.8. The summed E-state index contributed by atoms with van der Waals surface area (Å²) in [6.45, 7) is 6.26. The van der Waals surface area contributed by atoms with E-state index in [1.165, 1.54) is 0 Å². The van der Waals surface area contributed by atoms with Gasteiger partial charge in [0.1, 0.15) is 5.82 Å². The number of urea groups is 1. The maximum Gasteiger partial charge on any atom is 0.320 e. The molecule has 1 atom stereocenters. The third-order valence-corrected chi connectivity index (χ3v) is 4.47. The van der Waals surface area contributed by atoms with Gasteiger partial charge in [-0.3, -0.25) is 10.00 Å². The summed E-state index contributed by atoms with van der Waals surface area (Å²) in [6, 6.07) is 8.96. The molecule has 0 fully saturated rings. The minimum Gasteiger partial charge on any atom is -0.331 e. The first kappa shape index (κ1) is 19.0. The number of benzene rings is 1. The molecule has 2 amide bonds.